The molecule has 0 unspecified atom stereocenters. The third-order valence-corrected chi connectivity index (χ3v) is 9.69. The molecule has 326 valence electrons. The van der Waals surface area contributed by atoms with Gasteiger partial charge in [0.2, 0.25) is 0 Å². The van der Waals surface area contributed by atoms with E-state index in [9.17, 15) is 14.4 Å². The molecule has 0 bridgehead atoms. The smallest absolute Gasteiger partial charge is 0.306 e. The summed E-state index contributed by atoms with van der Waals surface area (Å²) in [5.74, 6) is -1.15. The van der Waals surface area contributed by atoms with Crippen LogP contribution < -0.4 is 0 Å². The molecule has 0 spiro atoms. The topological polar surface area (TPSA) is 78.9 Å². The van der Waals surface area contributed by atoms with Crippen molar-refractivity contribution in [1.29, 1.82) is 0 Å². The Labute approximate surface area is 351 Å². The van der Waals surface area contributed by atoms with Gasteiger partial charge in [-0.25, -0.2) is 0 Å². The van der Waals surface area contributed by atoms with Gasteiger partial charge in [0.05, 0.1) is 0 Å². The molecule has 57 heavy (non-hydrogen) atoms. The van der Waals surface area contributed by atoms with Gasteiger partial charge < -0.3 is 14.2 Å². The van der Waals surface area contributed by atoms with Crippen molar-refractivity contribution in [3.63, 3.8) is 0 Å². The van der Waals surface area contributed by atoms with Crippen LogP contribution in [0.3, 0.4) is 0 Å². The highest BCUT2D eigenvalue weighted by atomic mass is 16.6. The van der Waals surface area contributed by atoms with Crippen LogP contribution in [0.15, 0.2) is 72.9 Å². The molecular formula is C51H86O6. The fraction of sp³-hybridized carbons (Fsp3) is 0.706. The number of unbranched alkanes of at least 4 members (excludes halogenated alkanes) is 18. The maximum absolute atomic E-state index is 12.7. The first-order chi connectivity index (χ1) is 28.0. The Morgan fingerprint density at radius 2 is 0.632 bits per heavy atom. The predicted molar refractivity (Wildman–Crippen MR) is 242 cm³/mol. The van der Waals surface area contributed by atoms with Crippen LogP contribution in [0.1, 0.15) is 213 Å². The van der Waals surface area contributed by atoms with Crippen LogP contribution in [0.2, 0.25) is 0 Å². The fourth-order valence-electron chi connectivity index (χ4n) is 6.13. The van der Waals surface area contributed by atoms with Gasteiger partial charge in [-0.05, 0) is 77.0 Å². The lowest BCUT2D eigenvalue weighted by Crippen LogP contribution is -2.30. The number of hydrogen-bond donors (Lipinski definition) is 0. The van der Waals surface area contributed by atoms with Crippen LogP contribution in [0, 0.1) is 0 Å². The van der Waals surface area contributed by atoms with Crippen LogP contribution in [0.25, 0.3) is 0 Å². The molecule has 0 aliphatic carbocycles. The van der Waals surface area contributed by atoms with Crippen molar-refractivity contribution in [3.05, 3.63) is 72.9 Å². The van der Waals surface area contributed by atoms with Gasteiger partial charge in [0.1, 0.15) is 13.2 Å². The molecule has 0 aromatic heterocycles. The highest BCUT2D eigenvalue weighted by molar-refractivity contribution is 5.71. The zero-order valence-electron chi connectivity index (χ0n) is 37.1. The molecule has 0 saturated heterocycles. The minimum Gasteiger partial charge on any atom is -0.462 e. The standard InChI is InChI=1S/C51H86O6/c1-4-7-10-13-16-19-22-25-28-31-34-37-40-43-49(52)55-46-48(57-51(54)45-42-39-36-33-30-27-24-21-18-15-12-9-6-3)47-56-50(53)44-41-38-35-32-29-26-23-20-17-14-11-8-5-2/h25-30,34-39,48H,4-24,31-33,40-47H2,1-3H3/b28-25-,29-26-,30-27-,37-34-,38-35-,39-36-. The van der Waals surface area contributed by atoms with E-state index < -0.39 is 12.1 Å². The second-order valence-electron chi connectivity index (χ2n) is 15.3. The summed E-state index contributed by atoms with van der Waals surface area (Å²) in [5.41, 5.74) is 0. The Hall–Kier alpha value is -3.15. The summed E-state index contributed by atoms with van der Waals surface area (Å²) >= 11 is 0. The average Bonchev–Trinajstić information content (AvgIpc) is 3.21. The van der Waals surface area contributed by atoms with Crippen LogP contribution in [0.5, 0.6) is 0 Å². The Kier molecular flexibility index (Phi) is 43.0. The third kappa shape index (κ3) is 43.8. The van der Waals surface area contributed by atoms with Gasteiger partial charge >= 0.3 is 17.9 Å². The maximum Gasteiger partial charge on any atom is 0.306 e. The zero-order valence-corrected chi connectivity index (χ0v) is 37.1. The Morgan fingerprint density at radius 3 is 0.965 bits per heavy atom. The predicted octanol–water partition coefficient (Wildman–Crippen LogP) is 15.1. The van der Waals surface area contributed by atoms with E-state index in [1.165, 1.54) is 116 Å². The Bertz CT molecular complexity index is 1040. The van der Waals surface area contributed by atoms with Crippen molar-refractivity contribution in [1.82, 2.24) is 0 Å². The Morgan fingerprint density at radius 1 is 0.351 bits per heavy atom. The molecule has 0 aliphatic rings. The summed E-state index contributed by atoms with van der Waals surface area (Å²) in [6.07, 6.45) is 56.4. The summed E-state index contributed by atoms with van der Waals surface area (Å²) < 4.78 is 16.5. The lowest BCUT2D eigenvalue weighted by atomic mass is 10.1. The van der Waals surface area contributed by atoms with Crippen LogP contribution in [-0.2, 0) is 28.6 Å². The second kappa shape index (κ2) is 45.6. The molecule has 0 aromatic carbocycles. The van der Waals surface area contributed by atoms with Crippen molar-refractivity contribution in [2.75, 3.05) is 13.2 Å². The van der Waals surface area contributed by atoms with Crippen LogP contribution in [-0.4, -0.2) is 37.2 Å². The quantitative estimate of drug-likeness (QED) is 0.0265. The minimum atomic E-state index is -0.848. The van der Waals surface area contributed by atoms with E-state index in [4.69, 9.17) is 14.2 Å². The highest BCUT2D eigenvalue weighted by Gasteiger charge is 2.19. The summed E-state index contributed by atoms with van der Waals surface area (Å²) in [5, 5.41) is 0. The van der Waals surface area contributed by atoms with E-state index in [-0.39, 0.29) is 44.4 Å². The number of ether oxygens (including phenoxy) is 3. The van der Waals surface area contributed by atoms with Crippen molar-refractivity contribution in [3.8, 4) is 0 Å². The SMILES string of the molecule is CCCCCCCC/C=C\C/C=C\CCC(=O)OCC(COC(=O)CC/C=C\C/C=C\CCCCCCCC)OC(=O)CC/C=C\C/C=C\CCCCCCCC. The molecule has 0 N–H and O–H groups in total. The molecule has 0 saturated carbocycles. The normalized spacial score (nSPS) is 12.2. The second-order valence-corrected chi connectivity index (χ2v) is 15.3. The number of carbonyl (C=O) groups excluding carboxylic acids is 3. The molecule has 0 radical (unpaired) electrons. The number of carbonyl (C=O) groups is 3. The van der Waals surface area contributed by atoms with Crippen molar-refractivity contribution in [2.24, 2.45) is 0 Å². The first-order valence-electron chi connectivity index (χ1n) is 23.4. The van der Waals surface area contributed by atoms with Gasteiger partial charge in [0.15, 0.2) is 6.10 Å². The van der Waals surface area contributed by atoms with Crippen LogP contribution in [0.4, 0.5) is 0 Å². The Balaban J connectivity index is 4.60. The molecule has 6 heteroatoms. The maximum atomic E-state index is 12.7. The van der Waals surface area contributed by atoms with E-state index in [0.717, 1.165) is 38.5 Å². The zero-order chi connectivity index (χ0) is 41.5. The summed E-state index contributed by atoms with van der Waals surface area (Å²) in [4.78, 5) is 37.7. The van der Waals surface area contributed by atoms with Gasteiger partial charge in [-0.2, -0.15) is 0 Å². The number of hydrogen-bond acceptors (Lipinski definition) is 6. The molecule has 0 atom stereocenters. The van der Waals surface area contributed by atoms with E-state index in [0.29, 0.717) is 19.3 Å². The molecule has 0 aromatic rings. The largest absolute Gasteiger partial charge is 0.462 e. The number of rotatable bonds is 41. The van der Waals surface area contributed by atoms with Gasteiger partial charge in [0, 0.05) is 19.3 Å². The van der Waals surface area contributed by atoms with E-state index in [1.807, 2.05) is 18.2 Å². The van der Waals surface area contributed by atoms with Crippen LogP contribution >= 0.6 is 0 Å². The van der Waals surface area contributed by atoms with Crippen molar-refractivity contribution in [2.45, 2.75) is 219 Å². The average molecular weight is 795 g/mol. The van der Waals surface area contributed by atoms with Gasteiger partial charge in [0.25, 0.3) is 0 Å². The summed E-state index contributed by atoms with van der Waals surface area (Å²) in [6, 6.07) is 0. The lowest BCUT2D eigenvalue weighted by molar-refractivity contribution is -0.166. The van der Waals surface area contributed by atoms with E-state index >= 15 is 0 Å². The summed E-state index contributed by atoms with van der Waals surface area (Å²) in [7, 11) is 0. The molecule has 0 amide bonds. The molecule has 0 rings (SSSR count). The first-order valence-corrected chi connectivity index (χ1v) is 23.4. The highest BCUT2D eigenvalue weighted by Crippen LogP contribution is 2.11. The van der Waals surface area contributed by atoms with Gasteiger partial charge in [-0.1, -0.05) is 190 Å². The molecule has 0 heterocycles. The van der Waals surface area contributed by atoms with E-state index in [1.54, 1.807) is 0 Å². The van der Waals surface area contributed by atoms with Crippen molar-refractivity contribution < 1.29 is 28.6 Å². The lowest BCUT2D eigenvalue weighted by Gasteiger charge is -2.18. The first kappa shape index (κ1) is 53.9. The number of esters is 3. The monoisotopic (exact) mass is 795 g/mol. The summed E-state index contributed by atoms with van der Waals surface area (Å²) in [6.45, 7) is 6.44. The number of allylic oxidation sites excluding steroid dienone is 12. The molecule has 0 fully saturated rings. The van der Waals surface area contributed by atoms with Gasteiger partial charge in [-0.15, -0.1) is 0 Å². The fourth-order valence-corrected chi connectivity index (χ4v) is 6.13. The molecular weight excluding hydrogens is 709 g/mol. The third-order valence-electron chi connectivity index (χ3n) is 9.69. The van der Waals surface area contributed by atoms with Gasteiger partial charge in [-0.3, -0.25) is 14.4 Å². The van der Waals surface area contributed by atoms with E-state index in [2.05, 4.69) is 75.5 Å². The minimum absolute atomic E-state index is 0.146. The van der Waals surface area contributed by atoms with Crippen molar-refractivity contribution >= 4 is 17.9 Å². The molecule has 6 nitrogen and oxygen atoms in total. The molecule has 0 aliphatic heterocycles.